The van der Waals surface area contributed by atoms with Crippen molar-refractivity contribution in [3.8, 4) is 0 Å². The van der Waals surface area contributed by atoms with Crippen LogP contribution in [-0.2, 0) is 61.6 Å². The third kappa shape index (κ3) is 43.0. The molecule has 14 heteroatoms. The van der Waals surface area contributed by atoms with Gasteiger partial charge in [-0.05, 0) is 6.42 Å². The van der Waals surface area contributed by atoms with Gasteiger partial charge < -0.3 is 61.9 Å². The first kappa shape index (κ1) is 46.0. The van der Waals surface area contributed by atoms with Crippen molar-refractivity contribution in [3.05, 3.63) is 0 Å². The summed E-state index contributed by atoms with van der Waals surface area (Å²) in [7, 11) is 0. The number of carbonyl (C=O) groups is 1. The Bertz CT molecular complexity index is 588. The van der Waals surface area contributed by atoms with Crippen LogP contribution in [0.4, 0.5) is 0 Å². The minimum absolute atomic E-state index is 0.0230. The van der Waals surface area contributed by atoms with Crippen LogP contribution in [0.2, 0.25) is 0 Å². The van der Waals surface area contributed by atoms with E-state index in [1.54, 1.807) is 0 Å². The summed E-state index contributed by atoms with van der Waals surface area (Å²) >= 11 is 0. The Kier molecular flexibility index (Phi) is 42.1. The lowest BCUT2D eigenvalue weighted by Gasteiger charge is -2.09. The number of hydrogen-bond donors (Lipinski definition) is 1. The Morgan fingerprint density at radius 2 is 0.617 bits per heavy atom. The van der Waals surface area contributed by atoms with Gasteiger partial charge in [0, 0.05) is 6.42 Å². The largest absolute Gasteiger partial charge is 0.463 e. The molecule has 1 N–H and O–H groups in total. The number of esters is 1. The van der Waals surface area contributed by atoms with Gasteiger partial charge in [0.05, 0.1) is 152 Å². The molecule has 0 heterocycles. The first-order chi connectivity index (χ1) is 23.3. The number of carbonyl (C=O) groups excluding carboxylic acids is 1. The molecule has 0 rings (SSSR count). The topological polar surface area (TPSA) is 148 Å². The van der Waals surface area contributed by atoms with Crippen LogP contribution in [0.5, 0.6) is 0 Å². The van der Waals surface area contributed by atoms with Gasteiger partial charge in [0.1, 0.15) is 6.61 Å². The standard InChI is InChI=1S/C33H66O14/c1-2-3-4-5-6-7-8-33(35)47-32-31-46-30-29-45-28-27-44-26-25-43-24-23-42-22-21-41-20-19-40-18-17-39-16-15-38-14-13-37-12-11-36-10-9-34/h34H,2-32H2,1H3. The fourth-order valence-electron chi connectivity index (χ4n) is 3.70. The minimum atomic E-state index is -0.145. The van der Waals surface area contributed by atoms with E-state index in [4.69, 9.17) is 61.9 Å². The molecule has 0 saturated heterocycles. The van der Waals surface area contributed by atoms with Crippen molar-refractivity contribution < 1.29 is 66.7 Å². The SMILES string of the molecule is CCCCCCCCC(=O)OCCOCCOCCOCCOCCOCCOCCOCCOCCOCCOCCOCCO. The molecule has 282 valence electrons. The van der Waals surface area contributed by atoms with Crippen LogP contribution in [0.1, 0.15) is 51.9 Å². The molecule has 14 nitrogen and oxygen atoms in total. The van der Waals surface area contributed by atoms with Crippen molar-refractivity contribution in [3.63, 3.8) is 0 Å². The monoisotopic (exact) mass is 686 g/mol. The van der Waals surface area contributed by atoms with Crippen molar-refractivity contribution in [1.29, 1.82) is 0 Å². The second-order valence-corrected chi connectivity index (χ2v) is 10.2. The highest BCUT2D eigenvalue weighted by Crippen LogP contribution is 2.07. The van der Waals surface area contributed by atoms with Gasteiger partial charge in [0.15, 0.2) is 0 Å². The zero-order valence-electron chi connectivity index (χ0n) is 29.2. The predicted molar refractivity (Wildman–Crippen MR) is 175 cm³/mol. The Labute approximate surface area is 283 Å². The van der Waals surface area contributed by atoms with Gasteiger partial charge in [-0.1, -0.05) is 39.0 Å². The maximum atomic E-state index is 11.7. The van der Waals surface area contributed by atoms with Crippen molar-refractivity contribution in [2.45, 2.75) is 51.9 Å². The summed E-state index contributed by atoms with van der Waals surface area (Å²) in [6.07, 6.45) is 7.41. The van der Waals surface area contributed by atoms with Crippen LogP contribution in [0.25, 0.3) is 0 Å². The Morgan fingerprint density at radius 3 is 0.915 bits per heavy atom. The molecular weight excluding hydrogens is 620 g/mol. The Balaban J connectivity index is 3.09. The van der Waals surface area contributed by atoms with Gasteiger partial charge >= 0.3 is 5.97 Å². The second kappa shape index (κ2) is 43.0. The zero-order valence-corrected chi connectivity index (χ0v) is 29.2. The van der Waals surface area contributed by atoms with Crippen LogP contribution < -0.4 is 0 Å². The van der Waals surface area contributed by atoms with Gasteiger partial charge in [0.2, 0.25) is 0 Å². The molecule has 0 atom stereocenters. The van der Waals surface area contributed by atoms with E-state index in [0.29, 0.717) is 152 Å². The molecule has 0 aromatic rings. The van der Waals surface area contributed by atoms with Gasteiger partial charge in [0.25, 0.3) is 0 Å². The summed E-state index contributed by atoms with van der Waals surface area (Å²) in [5.74, 6) is -0.145. The summed E-state index contributed by atoms with van der Waals surface area (Å²) in [4.78, 5) is 11.7. The molecule has 0 aromatic heterocycles. The van der Waals surface area contributed by atoms with Crippen LogP contribution in [0.3, 0.4) is 0 Å². The highest BCUT2D eigenvalue weighted by atomic mass is 16.6. The molecule has 0 aromatic carbocycles. The summed E-state index contributed by atoms with van der Waals surface area (Å²) in [5.41, 5.74) is 0. The minimum Gasteiger partial charge on any atom is -0.463 e. The number of aliphatic hydroxyl groups is 1. The first-order valence-electron chi connectivity index (χ1n) is 17.4. The lowest BCUT2D eigenvalue weighted by Crippen LogP contribution is -2.15. The molecular formula is C33H66O14. The van der Waals surface area contributed by atoms with Crippen molar-refractivity contribution in [2.75, 3.05) is 159 Å². The first-order valence-corrected chi connectivity index (χ1v) is 17.4. The summed E-state index contributed by atoms with van der Waals surface area (Å²) in [6.45, 7) is 13.0. The van der Waals surface area contributed by atoms with E-state index in [9.17, 15) is 4.79 Å². The average Bonchev–Trinajstić information content (AvgIpc) is 3.08. The lowest BCUT2D eigenvalue weighted by atomic mass is 10.1. The number of ether oxygens (including phenoxy) is 12. The predicted octanol–water partition coefficient (Wildman–Crippen LogP) is 2.46. The van der Waals surface area contributed by atoms with E-state index < -0.39 is 0 Å². The lowest BCUT2D eigenvalue weighted by molar-refractivity contribution is -0.145. The van der Waals surface area contributed by atoms with Crippen LogP contribution in [-0.4, -0.2) is 170 Å². The van der Waals surface area contributed by atoms with E-state index in [-0.39, 0.29) is 19.2 Å². The maximum absolute atomic E-state index is 11.7. The fraction of sp³-hybridized carbons (Fsp3) is 0.970. The molecule has 0 aliphatic rings. The van der Waals surface area contributed by atoms with E-state index in [2.05, 4.69) is 6.92 Å². The number of rotatable bonds is 42. The smallest absolute Gasteiger partial charge is 0.305 e. The molecule has 0 bridgehead atoms. The van der Waals surface area contributed by atoms with E-state index in [1.807, 2.05) is 0 Å². The molecule has 0 unspecified atom stereocenters. The van der Waals surface area contributed by atoms with E-state index in [1.165, 1.54) is 25.7 Å². The number of unbranched alkanes of at least 4 members (excludes halogenated alkanes) is 5. The molecule has 0 fully saturated rings. The fourth-order valence-corrected chi connectivity index (χ4v) is 3.70. The zero-order chi connectivity index (χ0) is 34.0. The maximum Gasteiger partial charge on any atom is 0.305 e. The van der Waals surface area contributed by atoms with Gasteiger partial charge in [-0.15, -0.1) is 0 Å². The molecule has 0 aliphatic carbocycles. The van der Waals surface area contributed by atoms with Gasteiger partial charge in [-0.2, -0.15) is 0 Å². The van der Waals surface area contributed by atoms with E-state index in [0.717, 1.165) is 12.8 Å². The summed E-state index contributed by atoms with van der Waals surface area (Å²) < 4.78 is 64.6. The van der Waals surface area contributed by atoms with Crippen LogP contribution in [0.15, 0.2) is 0 Å². The Morgan fingerprint density at radius 1 is 0.362 bits per heavy atom. The third-order valence-corrected chi connectivity index (χ3v) is 6.18. The van der Waals surface area contributed by atoms with Crippen LogP contribution in [0, 0.1) is 0 Å². The summed E-state index contributed by atoms with van der Waals surface area (Å²) in [5, 5.41) is 8.58. The Hall–Kier alpha value is -1.01. The normalized spacial score (nSPS) is 11.4. The van der Waals surface area contributed by atoms with Crippen LogP contribution >= 0.6 is 0 Å². The third-order valence-electron chi connectivity index (χ3n) is 6.18. The molecule has 0 saturated carbocycles. The summed E-state index contributed by atoms with van der Waals surface area (Å²) in [6, 6.07) is 0. The molecule has 0 amide bonds. The second-order valence-electron chi connectivity index (χ2n) is 10.2. The quantitative estimate of drug-likeness (QED) is 0.0740. The number of hydrogen-bond acceptors (Lipinski definition) is 14. The molecule has 0 spiro atoms. The highest BCUT2D eigenvalue weighted by Gasteiger charge is 2.02. The van der Waals surface area contributed by atoms with Gasteiger partial charge in [-0.3, -0.25) is 4.79 Å². The van der Waals surface area contributed by atoms with Crippen molar-refractivity contribution in [1.82, 2.24) is 0 Å². The molecule has 47 heavy (non-hydrogen) atoms. The molecule has 0 aliphatic heterocycles. The van der Waals surface area contributed by atoms with Crippen molar-refractivity contribution in [2.24, 2.45) is 0 Å². The molecule has 0 radical (unpaired) electrons. The highest BCUT2D eigenvalue weighted by molar-refractivity contribution is 5.69. The van der Waals surface area contributed by atoms with Crippen molar-refractivity contribution >= 4 is 5.97 Å². The van der Waals surface area contributed by atoms with E-state index >= 15 is 0 Å². The average molecular weight is 687 g/mol. The van der Waals surface area contributed by atoms with Gasteiger partial charge in [-0.25, -0.2) is 0 Å². The number of aliphatic hydroxyl groups excluding tert-OH is 1.